The Morgan fingerprint density at radius 3 is 2.42 bits per heavy atom. The van der Waals surface area contributed by atoms with Crippen molar-refractivity contribution in [3.8, 4) is 6.07 Å². The predicted octanol–water partition coefficient (Wildman–Crippen LogP) is 3.00. The van der Waals surface area contributed by atoms with E-state index in [4.69, 9.17) is 5.26 Å². The second-order valence-electron chi connectivity index (χ2n) is 3.91. The van der Waals surface area contributed by atoms with Gasteiger partial charge in [-0.2, -0.15) is 5.26 Å². The van der Waals surface area contributed by atoms with Crippen molar-refractivity contribution in [2.45, 2.75) is 5.85 Å². The number of nitrogens with zero attached hydrogens (tertiary/aromatic N) is 1. The molecule has 96 valence electrons. The molecule has 0 amide bonds. The minimum atomic E-state index is -3.21. The van der Waals surface area contributed by atoms with Gasteiger partial charge in [0, 0.05) is 5.56 Å². The van der Waals surface area contributed by atoms with Gasteiger partial charge < -0.3 is 5.11 Å². The van der Waals surface area contributed by atoms with Gasteiger partial charge in [0.25, 0.3) is 5.85 Å². The number of hydrogen-bond acceptors (Lipinski definition) is 2. The van der Waals surface area contributed by atoms with Crippen molar-refractivity contribution in [3.63, 3.8) is 0 Å². The van der Waals surface area contributed by atoms with Crippen molar-refractivity contribution in [1.82, 2.24) is 0 Å². The minimum Gasteiger partial charge on any atom is -0.354 e. The lowest BCUT2D eigenvalue weighted by molar-refractivity contribution is -0.0576. The number of nitriles is 1. The third-order valence-corrected chi connectivity index (χ3v) is 2.68. The fourth-order valence-electron chi connectivity index (χ4n) is 1.72. The summed E-state index contributed by atoms with van der Waals surface area (Å²) < 4.78 is 41.2. The zero-order chi connectivity index (χ0) is 14.0. The summed E-state index contributed by atoms with van der Waals surface area (Å²) in [6, 6.07) is 9.09. The van der Waals surface area contributed by atoms with Crippen LogP contribution in [0.1, 0.15) is 16.7 Å². The molecular weight excluding hydrogens is 255 g/mol. The molecule has 0 aliphatic carbocycles. The smallest absolute Gasteiger partial charge is 0.262 e. The van der Waals surface area contributed by atoms with Crippen molar-refractivity contribution < 1.29 is 18.3 Å². The Labute approximate surface area is 107 Å². The molecule has 2 nitrogen and oxygen atoms in total. The molecule has 0 aliphatic rings. The Balaban J connectivity index is 2.60. The van der Waals surface area contributed by atoms with Gasteiger partial charge in [0.05, 0.1) is 11.1 Å². The quantitative estimate of drug-likeness (QED) is 0.905. The second-order valence-corrected chi connectivity index (χ2v) is 3.91. The van der Waals surface area contributed by atoms with E-state index in [0.717, 1.165) is 30.3 Å². The van der Waals surface area contributed by atoms with Crippen LogP contribution in [0.15, 0.2) is 42.5 Å². The van der Waals surface area contributed by atoms with Crippen LogP contribution in [0.25, 0.3) is 0 Å². The molecule has 0 fully saturated rings. The molecule has 0 aromatic heterocycles. The zero-order valence-electron chi connectivity index (χ0n) is 9.57. The lowest BCUT2D eigenvalue weighted by atomic mass is 9.97. The highest BCUT2D eigenvalue weighted by Crippen LogP contribution is 2.33. The molecule has 0 saturated heterocycles. The monoisotopic (exact) mass is 263 g/mol. The van der Waals surface area contributed by atoms with Crippen LogP contribution in [-0.2, 0) is 5.85 Å². The standard InChI is InChI=1S/C14H8F3NO/c15-11-5-2-4-10(7-11)14(17,19)12-6-1-3-9(8-18)13(12)16/h1-7,19H. The van der Waals surface area contributed by atoms with Gasteiger partial charge in [0.15, 0.2) is 0 Å². The molecule has 5 heteroatoms. The first kappa shape index (κ1) is 13.1. The first-order valence-electron chi connectivity index (χ1n) is 5.33. The molecule has 2 rings (SSSR count). The van der Waals surface area contributed by atoms with Crippen LogP contribution >= 0.6 is 0 Å². The van der Waals surface area contributed by atoms with Gasteiger partial charge in [0.1, 0.15) is 17.7 Å². The summed E-state index contributed by atoms with van der Waals surface area (Å²) in [6.45, 7) is 0. The average Bonchev–Trinajstić information content (AvgIpc) is 2.38. The summed E-state index contributed by atoms with van der Waals surface area (Å²) in [7, 11) is 0. The van der Waals surface area contributed by atoms with Crippen LogP contribution in [0.3, 0.4) is 0 Å². The van der Waals surface area contributed by atoms with Gasteiger partial charge in [0.2, 0.25) is 0 Å². The molecule has 0 bridgehead atoms. The Bertz CT molecular complexity index is 662. The van der Waals surface area contributed by atoms with Gasteiger partial charge in [-0.25, -0.2) is 13.2 Å². The van der Waals surface area contributed by atoms with Gasteiger partial charge in [-0.05, 0) is 24.3 Å². The van der Waals surface area contributed by atoms with Crippen molar-refractivity contribution >= 4 is 0 Å². The Hall–Kier alpha value is -2.32. The first-order valence-corrected chi connectivity index (χ1v) is 5.33. The lowest BCUT2D eigenvalue weighted by Crippen LogP contribution is -2.23. The summed E-state index contributed by atoms with van der Waals surface area (Å²) in [5.41, 5.74) is -1.57. The fourth-order valence-corrected chi connectivity index (χ4v) is 1.72. The Morgan fingerprint density at radius 1 is 1.11 bits per heavy atom. The van der Waals surface area contributed by atoms with E-state index in [1.807, 2.05) is 0 Å². The summed E-state index contributed by atoms with van der Waals surface area (Å²) in [6.07, 6.45) is 0. The molecule has 0 saturated carbocycles. The molecule has 2 aromatic carbocycles. The third-order valence-electron chi connectivity index (χ3n) is 2.68. The van der Waals surface area contributed by atoms with Crippen LogP contribution < -0.4 is 0 Å². The van der Waals surface area contributed by atoms with Crippen LogP contribution in [-0.4, -0.2) is 5.11 Å². The van der Waals surface area contributed by atoms with E-state index >= 15 is 0 Å². The summed E-state index contributed by atoms with van der Waals surface area (Å²) >= 11 is 0. The van der Waals surface area contributed by atoms with E-state index in [2.05, 4.69) is 0 Å². The van der Waals surface area contributed by atoms with Gasteiger partial charge in [-0.3, -0.25) is 0 Å². The van der Waals surface area contributed by atoms with Crippen LogP contribution in [0, 0.1) is 23.0 Å². The maximum absolute atomic E-state index is 14.4. The van der Waals surface area contributed by atoms with E-state index in [1.54, 1.807) is 6.07 Å². The number of rotatable bonds is 2. The van der Waals surface area contributed by atoms with E-state index in [-0.39, 0.29) is 0 Å². The van der Waals surface area contributed by atoms with Crippen molar-refractivity contribution in [2.24, 2.45) is 0 Å². The third kappa shape index (κ3) is 2.30. The number of benzene rings is 2. The van der Waals surface area contributed by atoms with E-state index in [0.29, 0.717) is 0 Å². The highest BCUT2D eigenvalue weighted by molar-refractivity contribution is 5.41. The highest BCUT2D eigenvalue weighted by atomic mass is 19.2. The summed E-state index contributed by atoms with van der Waals surface area (Å²) in [5, 5.41) is 18.5. The van der Waals surface area contributed by atoms with Crippen molar-refractivity contribution in [2.75, 3.05) is 0 Å². The predicted molar refractivity (Wildman–Crippen MR) is 61.6 cm³/mol. The van der Waals surface area contributed by atoms with Crippen LogP contribution in [0.5, 0.6) is 0 Å². The van der Waals surface area contributed by atoms with Crippen LogP contribution in [0.2, 0.25) is 0 Å². The molecule has 1 atom stereocenters. The molecule has 19 heavy (non-hydrogen) atoms. The number of alkyl halides is 1. The Kier molecular flexibility index (Phi) is 3.28. The minimum absolute atomic E-state index is 0.398. The first-order chi connectivity index (χ1) is 8.96. The number of halogens is 3. The molecule has 0 spiro atoms. The summed E-state index contributed by atoms with van der Waals surface area (Å²) in [4.78, 5) is 0. The van der Waals surface area contributed by atoms with E-state index in [1.165, 1.54) is 12.1 Å². The normalized spacial score (nSPS) is 13.6. The van der Waals surface area contributed by atoms with Crippen LogP contribution in [0.4, 0.5) is 13.2 Å². The number of hydrogen-bond donors (Lipinski definition) is 1. The van der Waals surface area contributed by atoms with Gasteiger partial charge in [-0.15, -0.1) is 0 Å². The molecule has 0 heterocycles. The topological polar surface area (TPSA) is 44.0 Å². The SMILES string of the molecule is N#Cc1cccc(C(O)(F)c2cccc(F)c2)c1F. The van der Waals surface area contributed by atoms with Crippen molar-refractivity contribution in [3.05, 3.63) is 70.8 Å². The molecule has 2 aromatic rings. The zero-order valence-corrected chi connectivity index (χ0v) is 9.57. The molecule has 1 unspecified atom stereocenters. The molecule has 1 N–H and O–H groups in total. The fraction of sp³-hybridized carbons (Fsp3) is 0.0714. The van der Waals surface area contributed by atoms with Gasteiger partial charge >= 0.3 is 0 Å². The Morgan fingerprint density at radius 2 is 1.79 bits per heavy atom. The highest BCUT2D eigenvalue weighted by Gasteiger charge is 2.35. The maximum Gasteiger partial charge on any atom is 0.262 e. The van der Waals surface area contributed by atoms with Crippen molar-refractivity contribution in [1.29, 1.82) is 5.26 Å². The maximum atomic E-state index is 14.4. The number of aliphatic hydroxyl groups is 1. The average molecular weight is 263 g/mol. The van der Waals surface area contributed by atoms with E-state index < -0.39 is 34.2 Å². The molecular formula is C14H8F3NO. The molecule has 0 radical (unpaired) electrons. The molecule has 0 aliphatic heterocycles. The van der Waals surface area contributed by atoms with Gasteiger partial charge in [-0.1, -0.05) is 18.2 Å². The largest absolute Gasteiger partial charge is 0.354 e. The summed E-state index contributed by atoms with van der Waals surface area (Å²) in [5.74, 6) is -5.14. The van der Waals surface area contributed by atoms with E-state index in [9.17, 15) is 18.3 Å². The second kappa shape index (κ2) is 4.75. The lowest BCUT2D eigenvalue weighted by Gasteiger charge is -2.20.